The lowest BCUT2D eigenvalue weighted by Gasteiger charge is -2.12. The van der Waals surface area contributed by atoms with E-state index >= 15 is 0 Å². The van der Waals surface area contributed by atoms with Crippen LogP contribution in [0.5, 0.6) is 0 Å². The molecule has 0 amide bonds. The van der Waals surface area contributed by atoms with Crippen molar-refractivity contribution in [2.24, 2.45) is 4.99 Å². The van der Waals surface area contributed by atoms with Gasteiger partial charge in [-0.05, 0) is 39.1 Å². The maximum atomic E-state index is 5.32. The molecule has 5 heteroatoms. The van der Waals surface area contributed by atoms with Gasteiger partial charge in [0.05, 0.1) is 13.2 Å². The van der Waals surface area contributed by atoms with Crippen LogP contribution >= 0.6 is 0 Å². The van der Waals surface area contributed by atoms with Gasteiger partial charge in [-0.15, -0.1) is 0 Å². The largest absolute Gasteiger partial charge is 0.380 e. The Morgan fingerprint density at radius 3 is 2.36 bits per heavy atom. The minimum atomic E-state index is 0.673. The van der Waals surface area contributed by atoms with E-state index in [0.717, 1.165) is 32.2 Å². The highest BCUT2D eigenvalue weighted by atomic mass is 16.5. The molecular weight excluding hydrogens is 276 g/mol. The predicted octanol–water partition coefficient (Wildman–Crippen LogP) is 1.84. The first kappa shape index (κ1) is 18.5. The van der Waals surface area contributed by atoms with Crippen LogP contribution in [0.1, 0.15) is 25.0 Å². The maximum absolute atomic E-state index is 5.32. The van der Waals surface area contributed by atoms with Crippen LogP contribution in [0.4, 0.5) is 0 Å². The molecule has 0 bridgehead atoms. The molecule has 2 N–H and O–H groups in total. The fourth-order valence-corrected chi connectivity index (χ4v) is 2.01. The Labute approximate surface area is 134 Å². The minimum Gasteiger partial charge on any atom is -0.380 e. The Balaban J connectivity index is 2.50. The lowest BCUT2D eigenvalue weighted by molar-refractivity contribution is 0.152. The van der Waals surface area contributed by atoms with Gasteiger partial charge < -0.3 is 20.3 Å². The van der Waals surface area contributed by atoms with E-state index in [9.17, 15) is 0 Å². The molecule has 0 heterocycles. The smallest absolute Gasteiger partial charge is 0.191 e. The zero-order valence-electron chi connectivity index (χ0n) is 14.4. The van der Waals surface area contributed by atoms with E-state index in [1.54, 1.807) is 0 Å². The van der Waals surface area contributed by atoms with Crippen LogP contribution in [0.3, 0.4) is 0 Å². The summed E-state index contributed by atoms with van der Waals surface area (Å²) in [6, 6.07) is 8.62. The molecule has 0 fully saturated rings. The van der Waals surface area contributed by atoms with Crippen molar-refractivity contribution in [1.29, 1.82) is 0 Å². The predicted molar refractivity (Wildman–Crippen MR) is 93.1 cm³/mol. The molecule has 22 heavy (non-hydrogen) atoms. The third-order valence-corrected chi connectivity index (χ3v) is 3.03. The van der Waals surface area contributed by atoms with Crippen LogP contribution in [0.15, 0.2) is 29.3 Å². The van der Waals surface area contributed by atoms with Crippen molar-refractivity contribution in [2.45, 2.75) is 26.9 Å². The van der Waals surface area contributed by atoms with Gasteiger partial charge in [0.15, 0.2) is 5.96 Å². The van der Waals surface area contributed by atoms with Crippen molar-refractivity contribution in [3.05, 3.63) is 35.4 Å². The summed E-state index contributed by atoms with van der Waals surface area (Å²) < 4.78 is 5.32. The lowest BCUT2D eigenvalue weighted by atomic mass is 10.1. The van der Waals surface area contributed by atoms with Gasteiger partial charge in [-0.3, -0.25) is 0 Å². The van der Waals surface area contributed by atoms with Crippen molar-refractivity contribution < 1.29 is 4.74 Å². The second kappa shape index (κ2) is 11.0. The Morgan fingerprint density at radius 1 is 1.09 bits per heavy atom. The van der Waals surface area contributed by atoms with Gasteiger partial charge in [0.25, 0.3) is 0 Å². The van der Waals surface area contributed by atoms with E-state index in [0.29, 0.717) is 13.2 Å². The molecule has 124 valence electrons. The monoisotopic (exact) mass is 306 g/mol. The molecule has 0 aliphatic carbocycles. The highest BCUT2D eigenvalue weighted by Gasteiger charge is 1.99. The fourth-order valence-electron chi connectivity index (χ4n) is 2.01. The lowest BCUT2D eigenvalue weighted by Crippen LogP contribution is -2.39. The van der Waals surface area contributed by atoms with E-state index in [1.165, 1.54) is 11.1 Å². The highest BCUT2D eigenvalue weighted by molar-refractivity contribution is 5.79. The summed E-state index contributed by atoms with van der Waals surface area (Å²) >= 11 is 0. The van der Waals surface area contributed by atoms with Gasteiger partial charge in [0.1, 0.15) is 0 Å². The quantitative estimate of drug-likeness (QED) is 0.415. The summed E-state index contributed by atoms with van der Waals surface area (Å²) in [7, 11) is 4.16. The molecule has 1 rings (SSSR count). The summed E-state index contributed by atoms with van der Waals surface area (Å²) in [4.78, 5) is 6.77. The summed E-state index contributed by atoms with van der Waals surface area (Å²) in [6.07, 6.45) is 0. The van der Waals surface area contributed by atoms with Crippen molar-refractivity contribution in [2.75, 3.05) is 40.4 Å². The Kier molecular flexibility index (Phi) is 9.26. The van der Waals surface area contributed by atoms with Gasteiger partial charge in [-0.2, -0.15) is 0 Å². The van der Waals surface area contributed by atoms with Gasteiger partial charge in [0, 0.05) is 26.2 Å². The molecule has 1 aromatic rings. The van der Waals surface area contributed by atoms with E-state index in [-0.39, 0.29) is 0 Å². The van der Waals surface area contributed by atoms with Gasteiger partial charge >= 0.3 is 0 Å². The van der Waals surface area contributed by atoms with Crippen LogP contribution in [-0.2, 0) is 17.8 Å². The zero-order valence-corrected chi connectivity index (χ0v) is 14.4. The Morgan fingerprint density at radius 2 is 1.77 bits per heavy atom. The summed E-state index contributed by atoms with van der Waals surface area (Å²) in [5.41, 5.74) is 2.53. The Bertz CT molecular complexity index is 429. The third-order valence-electron chi connectivity index (χ3n) is 3.03. The van der Waals surface area contributed by atoms with Crippen molar-refractivity contribution in [1.82, 2.24) is 15.5 Å². The molecule has 1 aromatic carbocycles. The topological polar surface area (TPSA) is 48.9 Å². The summed E-state index contributed by atoms with van der Waals surface area (Å²) in [5.74, 6) is 0.833. The average Bonchev–Trinajstić information content (AvgIpc) is 2.50. The van der Waals surface area contributed by atoms with Crippen LogP contribution in [0, 0.1) is 0 Å². The third kappa shape index (κ3) is 8.00. The number of aliphatic imine (C=N–C) groups is 1. The fraction of sp³-hybridized carbons (Fsp3) is 0.588. The van der Waals surface area contributed by atoms with Crippen LogP contribution in [0.25, 0.3) is 0 Å². The zero-order chi connectivity index (χ0) is 16.2. The molecule has 0 aromatic heterocycles. The number of ether oxygens (including phenoxy) is 1. The molecular formula is C17H30N4O. The number of guanidine groups is 1. The number of nitrogens with one attached hydrogen (secondary N) is 2. The SMILES string of the molecule is CCNC(=NCc1ccc(CN(C)C)cc1)NCCOCC. The van der Waals surface area contributed by atoms with Crippen molar-refractivity contribution in [3.63, 3.8) is 0 Å². The second-order valence-electron chi connectivity index (χ2n) is 5.37. The van der Waals surface area contributed by atoms with E-state index < -0.39 is 0 Å². The standard InChI is InChI=1S/C17H30N4O/c1-5-18-17(19-11-12-22-6-2)20-13-15-7-9-16(10-8-15)14-21(3)4/h7-10H,5-6,11-14H2,1-4H3,(H2,18,19,20). The maximum Gasteiger partial charge on any atom is 0.191 e. The molecule has 0 aliphatic heterocycles. The first-order chi connectivity index (χ1) is 10.7. The number of hydrogen-bond acceptors (Lipinski definition) is 3. The first-order valence-corrected chi connectivity index (χ1v) is 7.98. The number of hydrogen-bond donors (Lipinski definition) is 2. The summed E-state index contributed by atoms with van der Waals surface area (Å²) in [6.45, 7) is 8.75. The molecule has 0 unspecified atom stereocenters. The van der Waals surface area contributed by atoms with E-state index in [4.69, 9.17) is 4.74 Å². The minimum absolute atomic E-state index is 0.673. The number of nitrogens with zero attached hydrogens (tertiary/aromatic N) is 2. The molecule has 0 saturated heterocycles. The molecule has 0 radical (unpaired) electrons. The Hall–Kier alpha value is -1.59. The van der Waals surface area contributed by atoms with E-state index in [1.807, 2.05) is 6.92 Å². The number of rotatable bonds is 9. The molecule has 0 atom stereocenters. The van der Waals surface area contributed by atoms with Gasteiger partial charge in [-0.25, -0.2) is 4.99 Å². The second-order valence-corrected chi connectivity index (χ2v) is 5.37. The van der Waals surface area contributed by atoms with Crippen molar-refractivity contribution >= 4 is 5.96 Å². The molecule has 5 nitrogen and oxygen atoms in total. The molecule has 0 saturated carbocycles. The first-order valence-electron chi connectivity index (χ1n) is 7.98. The van der Waals surface area contributed by atoms with Crippen LogP contribution < -0.4 is 10.6 Å². The number of benzene rings is 1. The van der Waals surface area contributed by atoms with Crippen molar-refractivity contribution in [3.8, 4) is 0 Å². The van der Waals surface area contributed by atoms with Crippen LogP contribution in [-0.4, -0.2) is 51.3 Å². The molecule has 0 spiro atoms. The van der Waals surface area contributed by atoms with Crippen LogP contribution in [0.2, 0.25) is 0 Å². The van der Waals surface area contributed by atoms with E-state index in [2.05, 4.69) is 65.8 Å². The van der Waals surface area contributed by atoms with Gasteiger partial charge in [0.2, 0.25) is 0 Å². The normalized spacial score (nSPS) is 11.8. The highest BCUT2D eigenvalue weighted by Crippen LogP contribution is 2.07. The average molecular weight is 306 g/mol. The van der Waals surface area contributed by atoms with Gasteiger partial charge in [-0.1, -0.05) is 24.3 Å². The summed E-state index contributed by atoms with van der Waals surface area (Å²) in [5, 5.41) is 6.51. The molecule has 0 aliphatic rings.